The van der Waals surface area contributed by atoms with Crippen molar-refractivity contribution in [3.8, 4) is 0 Å². The third kappa shape index (κ3) is 6.88. The Bertz CT molecular complexity index is 1060. The lowest BCUT2D eigenvalue weighted by atomic mass is 9.71. The Morgan fingerprint density at radius 2 is 2.00 bits per heavy atom. The van der Waals surface area contributed by atoms with Crippen molar-refractivity contribution < 1.29 is 34.3 Å². The van der Waals surface area contributed by atoms with Crippen LogP contribution in [0, 0.1) is 17.8 Å². The maximum atomic E-state index is 13.7. The van der Waals surface area contributed by atoms with Crippen molar-refractivity contribution in [3.63, 3.8) is 0 Å². The number of aliphatic hydroxyl groups is 3. The van der Waals surface area contributed by atoms with Gasteiger partial charge < -0.3 is 29.5 Å². The van der Waals surface area contributed by atoms with Crippen LogP contribution in [-0.2, 0) is 19.0 Å². The third-order valence-electron chi connectivity index (χ3n) is 9.09. The molecule has 7 heteroatoms. The van der Waals surface area contributed by atoms with Gasteiger partial charge in [0.2, 0.25) is 0 Å². The molecular weight excluding hydrogens is 508 g/mol. The van der Waals surface area contributed by atoms with Gasteiger partial charge in [0.1, 0.15) is 29.8 Å². The van der Waals surface area contributed by atoms with Crippen molar-refractivity contribution >= 4 is 5.97 Å². The van der Waals surface area contributed by atoms with Gasteiger partial charge in [0, 0.05) is 12.8 Å². The molecule has 10 atom stereocenters. The highest BCUT2D eigenvalue weighted by Gasteiger charge is 2.59. The van der Waals surface area contributed by atoms with Gasteiger partial charge in [-0.3, -0.25) is 4.79 Å². The minimum absolute atomic E-state index is 0.124. The molecule has 0 saturated carbocycles. The predicted octanol–water partition coefficient (Wildman–Crippen LogP) is 4.72. The van der Waals surface area contributed by atoms with E-state index in [1.807, 2.05) is 31.2 Å². The number of fused-ring (bicyclic) bond motifs is 2. The number of hydrogen-bond donors (Lipinski definition) is 3. The Hall–Kier alpha value is -2.03. The molecule has 3 aliphatic heterocycles. The van der Waals surface area contributed by atoms with Crippen LogP contribution in [0.4, 0.5) is 0 Å². The fourth-order valence-corrected chi connectivity index (χ4v) is 6.31. The number of carbonyl (C=O) groups excluding carboxylic acids is 1. The zero-order chi connectivity index (χ0) is 29.0. The molecule has 222 valence electrons. The molecule has 0 radical (unpaired) electrons. The molecule has 2 bridgehead atoms. The molecule has 3 heterocycles. The first-order chi connectivity index (χ1) is 19.0. The van der Waals surface area contributed by atoms with E-state index in [4.69, 9.17) is 14.2 Å². The lowest BCUT2D eigenvalue weighted by molar-refractivity contribution is -0.175. The fourth-order valence-electron chi connectivity index (χ4n) is 6.31. The Labute approximate surface area is 239 Å². The van der Waals surface area contributed by atoms with Crippen molar-refractivity contribution in [1.29, 1.82) is 0 Å². The first kappa shape index (κ1) is 30.9. The monoisotopic (exact) mass is 556 g/mol. The molecule has 0 aromatic heterocycles. The molecule has 4 rings (SSSR count). The summed E-state index contributed by atoms with van der Waals surface area (Å²) in [5, 5.41) is 33.2. The molecular formula is C33H48O7. The summed E-state index contributed by atoms with van der Waals surface area (Å²) in [6.07, 6.45) is 14.7. The highest BCUT2D eigenvalue weighted by molar-refractivity contribution is 5.78. The summed E-state index contributed by atoms with van der Waals surface area (Å²) in [6, 6.07) is 0. The van der Waals surface area contributed by atoms with Crippen LogP contribution in [0.2, 0.25) is 0 Å². The minimum atomic E-state index is -1.69. The van der Waals surface area contributed by atoms with Crippen molar-refractivity contribution in [2.24, 2.45) is 17.8 Å². The zero-order valence-corrected chi connectivity index (χ0v) is 24.7. The summed E-state index contributed by atoms with van der Waals surface area (Å²) < 4.78 is 18.4. The molecule has 0 amide bonds. The van der Waals surface area contributed by atoms with Gasteiger partial charge in [0.05, 0.1) is 24.9 Å². The number of aliphatic hydroxyl groups excluding tert-OH is 2. The maximum absolute atomic E-state index is 13.7. The molecule has 0 spiro atoms. The Kier molecular flexibility index (Phi) is 10.3. The highest BCUT2D eigenvalue weighted by atomic mass is 16.6. The largest absolute Gasteiger partial charge is 0.462 e. The summed E-state index contributed by atoms with van der Waals surface area (Å²) in [7, 11) is 0. The smallest absolute Gasteiger partial charge is 0.316 e. The van der Waals surface area contributed by atoms with E-state index in [1.165, 1.54) is 5.57 Å². The zero-order valence-electron chi connectivity index (χ0n) is 24.7. The van der Waals surface area contributed by atoms with E-state index in [-0.39, 0.29) is 30.7 Å². The van der Waals surface area contributed by atoms with Crippen molar-refractivity contribution in [2.45, 2.75) is 115 Å². The van der Waals surface area contributed by atoms with E-state index in [0.29, 0.717) is 36.8 Å². The molecule has 4 aliphatic rings. The number of carbonyl (C=O) groups is 1. The molecule has 40 heavy (non-hydrogen) atoms. The molecule has 3 N–H and O–H groups in total. The van der Waals surface area contributed by atoms with E-state index in [2.05, 4.69) is 32.9 Å². The summed E-state index contributed by atoms with van der Waals surface area (Å²) in [5.74, 6) is -1.01. The van der Waals surface area contributed by atoms with Gasteiger partial charge in [-0.25, -0.2) is 0 Å². The first-order valence-corrected chi connectivity index (χ1v) is 15.0. The van der Waals surface area contributed by atoms with Crippen LogP contribution in [0.25, 0.3) is 0 Å². The normalized spacial score (nSPS) is 40.8. The summed E-state index contributed by atoms with van der Waals surface area (Å²) in [5.41, 5.74) is 0.729. The van der Waals surface area contributed by atoms with Crippen LogP contribution < -0.4 is 0 Å². The second-order valence-corrected chi connectivity index (χ2v) is 12.4. The van der Waals surface area contributed by atoms with E-state index in [9.17, 15) is 20.1 Å². The standard InChI is InChI=1S/C33H48O7/c1-6-22(4)29(34)12-8-11-25-17-27-18-26(39-25)14-13-21(3)15-20(2)9-7-10-24-19-38-31-30(35)23(5)16-28(32(36)40-27)33(24,31)37/h7-11,13,16,20,22,25-31,34-35,37H,6,12,14-15,17-19H2,1-5H3/b9-7+,11-8-,21-13+,24-10?/t20-,22?,25-,26+,27+,28-,29-,30+,31+,33+/m0/s1. The minimum Gasteiger partial charge on any atom is -0.462 e. The van der Waals surface area contributed by atoms with Gasteiger partial charge >= 0.3 is 5.97 Å². The van der Waals surface area contributed by atoms with Crippen molar-refractivity contribution in [2.75, 3.05) is 6.61 Å². The van der Waals surface area contributed by atoms with Crippen LogP contribution in [0.3, 0.4) is 0 Å². The van der Waals surface area contributed by atoms with Crippen LogP contribution in [0.5, 0.6) is 0 Å². The van der Waals surface area contributed by atoms with Gasteiger partial charge in [-0.2, -0.15) is 0 Å². The third-order valence-corrected chi connectivity index (χ3v) is 9.09. The Balaban J connectivity index is 1.63. The quantitative estimate of drug-likeness (QED) is 0.332. The second-order valence-electron chi connectivity index (χ2n) is 12.4. The van der Waals surface area contributed by atoms with Gasteiger partial charge in [-0.15, -0.1) is 0 Å². The van der Waals surface area contributed by atoms with Crippen molar-refractivity contribution in [1.82, 2.24) is 0 Å². The highest BCUT2D eigenvalue weighted by Crippen LogP contribution is 2.45. The Morgan fingerprint density at radius 3 is 2.75 bits per heavy atom. The number of hydrogen-bond acceptors (Lipinski definition) is 7. The average molecular weight is 557 g/mol. The molecule has 0 aromatic carbocycles. The topological polar surface area (TPSA) is 105 Å². The number of esters is 1. The summed E-state index contributed by atoms with van der Waals surface area (Å²) >= 11 is 0. The second kappa shape index (κ2) is 13.3. The van der Waals surface area contributed by atoms with Crippen LogP contribution in [0.15, 0.2) is 59.3 Å². The maximum Gasteiger partial charge on any atom is 0.316 e. The fraction of sp³-hybridized carbons (Fsp3) is 0.667. The Morgan fingerprint density at radius 1 is 1.23 bits per heavy atom. The number of ether oxygens (including phenoxy) is 3. The van der Waals surface area contributed by atoms with Gasteiger partial charge in [-0.05, 0) is 56.1 Å². The molecule has 2 saturated heterocycles. The summed E-state index contributed by atoms with van der Waals surface area (Å²) in [4.78, 5) is 13.7. The first-order valence-electron chi connectivity index (χ1n) is 15.0. The summed E-state index contributed by atoms with van der Waals surface area (Å²) in [6.45, 7) is 10.3. The van der Waals surface area contributed by atoms with Gasteiger partial charge in [0.25, 0.3) is 0 Å². The lowest BCUT2D eigenvalue weighted by Gasteiger charge is -2.42. The predicted molar refractivity (Wildman–Crippen MR) is 154 cm³/mol. The van der Waals surface area contributed by atoms with Crippen molar-refractivity contribution in [3.05, 3.63) is 59.3 Å². The van der Waals surface area contributed by atoms with E-state index >= 15 is 0 Å². The van der Waals surface area contributed by atoms with Crippen LogP contribution in [-0.4, -0.2) is 70.1 Å². The molecule has 2 fully saturated rings. The number of rotatable bonds is 5. The number of allylic oxidation sites excluding steroid dienone is 4. The van der Waals surface area contributed by atoms with Gasteiger partial charge in [0.15, 0.2) is 0 Å². The molecule has 7 nitrogen and oxygen atoms in total. The molecule has 1 aliphatic carbocycles. The van der Waals surface area contributed by atoms with E-state index in [1.54, 1.807) is 13.0 Å². The van der Waals surface area contributed by atoms with E-state index < -0.39 is 41.9 Å². The SMILES string of the molecule is CCC(C)[C@@H](O)C/C=C\[C@H]1C[C@@H]2C[C@@H](C/C=C(\C)C[C@@H](C)/C=C/C=C3CO[C@@H]4[C@H](O)C(C)=C[C@@H](C(=O)O2)[C@]34O)O1. The average Bonchev–Trinajstić information content (AvgIpc) is 3.25. The lowest BCUT2D eigenvalue weighted by Crippen LogP contribution is -2.57. The van der Waals surface area contributed by atoms with E-state index in [0.717, 1.165) is 12.8 Å². The van der Waals surface area contributed by atoms with Gasteiger partial charge in [-0.1, -0.05) is 75.3 Å². The molecule has 1 unspecified atom stereocenters. The van der Waals surface area contributed by atoms with Crippen LogP contribution >= 0.6 is 0 Å². The molecule has 0 aromatic rings. The van der Waals surface area contributed by atoms with Crippen LogP contribution in [0.1, 0.15) is 73.1 Å².